The third kappa shape index (κ3) is 3.10. The number of terminal acetylenes is 1. The molecule has 1 amide bonds. The molecule has 15 heavy (non-hydrogen) atoms. The lowest BCUT2D eigenvalue weighted by atomic mass is 9.96. The van der Waals surface area contributed by atoms with Crippen LogP contribution in [0.25, 0.3) is 0 Å². The molecule has 0 saturated carbocycles. The van der Waals surface area contributed by atoms with Gasteiger partial charge in [-0.15, -0.1) is 6.42 Å². The minimum atomic E-state index is -0.437. The van der Waals surface area contributed by atoms with Crippen molar-refractivity contribution in [2.45, 2.75) is 20.8 Å². The number of nitrogens with one attached hydrogen (secondary N) is 1. The molecule has 3 nitrogen and oxygen atoms in total. The van der Waals surface area contributed by atoms with Gasteiger partial charge in [0.1, 0.15) is 5.82 Å². The molecule has 0 unspecified atom stereocenters. The fourth-order valence-corrected chi connectivity index (χ4v) is 0.893. The van der Waals surface area contributed by atoms with Crippen LogP contribution < -0.4 is 5.32 Å². The van der Waals surface area contributed by atoms with Crippen LogP contribution in [0.1, 0.15) is 26.3 Å². The number of hydrogen-bond donors (Lipinski definition) is 1. The Hall–Kier alpha value is -1.82. The summed E-state index contributed by atoms with van der Waals surface area (Å²) in [7, 11) is 0. The quantitative estimate of drug-likeness (QED) is 0.708. The van der Waals surface area contributed by atoms with Crippen LogP contribution >= 0.6 is 0 Å². The van der Waals surface area contributed by atoms with Crippen molar-refractivity contribution in [2.24, 2.45) is 5.41 Å². The summed E-state index contributed by atoms with van der Waals surface area (Å²) < 4.78 is 0. The van der Waals surface area contributed by atoms with Gasteiger partial charge in [-0.3, -0.25) is 4.79 Å². The van der Waals surface area contributed by atoms with Gasteiger partial charge >= 0.3 is 0 Å². The third-order valence-corrected chi connectivity index (χ3v) is 1.85. The summed E-state index contributed by atoms with van der Waals surface area (Å²) in [6.07, 6.45) is 6.82. The summed E-state index contributed by atoms with van der Waals surface area (Å²) in [5.74, 6) is 2.90. The normalized spacial score (nSPS) is 10.5. The lowest BCUT2D eigenvalue weighted by Crippen LogP contribution is -2.28. The van der Waals surface area contributed by atoms with Crippen LogP contribution in [-0.2, 0) is 4.79 Å². The van der Waals surface area contributed by atoms with Crippen molar-refractivity contribution in [3.63, 3.8) is 0 Å². The Labute approximate surface area is 89.9 Å². The van der Waals surface area contributed by atoms with E-state index in [0.717, 1.165) is 0 Å². The van der Waals surface area contributed by atoms with E-state index in [1.807, 2.05) is 20.8 Å². The minimum Gasteiger partial charge on any atom is -0.310 e. The molecule has 1 N–H and O–H groups in total. The maximum Gasteiger partial charge on any atom is 0.230 e. The lowest BCUT2D eigenvalue weighted by Gasteiger charge is -2.17. The second-order valence-electron chi connectivity index (χ2n) is 4.28. The van der Waals surface area contributed by atoms with E-state index < -0.39 is 5.41 Å². The van der Waals surface area contributed by atoms with Gasteiger partial charge in [0.15, 0.2) is 0 Å². The second kappa shape index (κ2) is 4.14. The predicted molar refractivity (Wildman–Crippen MR) is 60.3 cm³/mol. The summed E-state index contributed by atoms with van der Waals surface area (Å²) >= 11 is 0. The number of nitrogens with zero attached hydrogens (tertiary/aromatic N) is 1. The van der Waals surface area contributed by atoms with Gasteiger partial charge in [-0.25, -0.2) is 4.98 Å². The van der Waals surface area contributed by atoms with Gasteiger partial charge in [-0.2, -0.15) is 0 Å². The first-order chi connectivity index (χ1) is 6.93. The van der Waals surface area contributed by atoms with Crippen LogP contribution in [-0.4, -0.2) is 10.9 Å². The lowest BCUT2D eigenvalue weighted by molar-refractivity contribution is -0.123. The van der Waals surface area contributed by atoms with Crippen molar-refractivity contribution in [2.75, 3.05) is 5.32 Å². The minimum absolute atomic E-state index is 0.0795. The van der Waals surface area contributed by atoms with Crippen LogP contribution in [0.4, 0.5) is 5.82 Å². The topological polar surface area (TPSA) is 42.0 Å². The SMILES string of the molecule is C#Cc1ccnc(NC(=O)C(C)(C)C)c1. The maximum atomic E-state index is 11.6. The van der Waals surface area contributed by atoms with E-state index in [9.17, 15) is 4.79 Å². The Morgan fingerprint density at radius 1 is 1.53 bits per heavy atom. The van der Waals surface area contributed by atoms with Gasteiger partial charge in [0.05, 0.1) is 0 Å². The predicted octanol–water partition coefficient (Wildman–Crippen LogP) is 2.05. The van der Waals surface area contributed by atoms with E-state index in [0.29, 0.717) is 11.4 Å². The number of anilines is 1. The molecule has 0 fully saturated rings. The van der Waals surface area contributed by atoms with Gasteiger partial charge in [0, 0.05) is 17.2 Å². The van der Waals surface area contributed by atoms with Crippen LogP contribution in [0.15, 0.2) is 18.3 Å². The number of amides is 1. The number of hydrogen-bond acceptors (Lipinski definition) is 2. The maximum absolute atomic E-state index is 11.6. The summed E-state index contributed by atoms with van der Waals surface area (Å²) in [6.45, 7) is 5.52. The molecular formula is C12H14N2O. The highest BCUT2D eigenvalue weighted by molar-refractivity contribution is 5.93. The largest absolute Gasteiger partial charge is 0.310 e. The van der Waals surface area contributed by atoms with Crippen LogP contribution in [0.3, 0.4) is 0 Å². The van der Waals surface area contributed by atoms with E-state index in [1.165, 1.54) is 0 Å². The zero-order chi connectivity index (χ0) is 11.5. The van der Waals surface area contributed by atoms with Crippen molar-refractivity contribution >= 4 is 11.7 Å². The van der Waals surface area contributed by atoms with E-state index >= 15 is 0 Å². The zero-order valence-electron chi connectivity index (χ0n) is 9.16. The number of aromatic nitrogens is 1. The van der Waals surface area contributed by atoms with Crippen molar-refractivity contribution in [3.8, 4) is 12.3 Å². The Bertz CT molecular complexity index is 410. The van der Waals surface area contributed by atoms with Crippen molar-refractivity contribution in [1.82, 2.24) is 4.98 Å². The summed E-state index contributed by atoms with van der Waals surface area (Å²) in [4.78, 5) is 15.6. The molecule has 1 heterocycles. The van der Waals surface area contributed by atoms with E-state index in [4.69, 9.17) is 6.42 Å². The van der Waals surface area contributed by atoms with Crippen LogP contribution in [0.2, 0.25) is 0 Å². The Balaban J connectivity index is 2.83. The summed E-state index contributed by atoms with van der Waals surface area (Å²) in [5, 5.41) is 2.71. The number of carbonyl (C=O) groups is 1. The molecule has 3 heteroatoms. The van der Waals surface area contributed by atoms with Gasteiger partial charge in [-0.1, -0.05) is 26.7 Å². The molecule has 0 saturated heterocycles. The molecule has 1 aromatic heterocycles. The number of carbonyl (C=O) groups excluding carboxylic acids is 1. The molecule has 0 radical (unpaired) electrons. The molecule has 0 aliphatic heterocycles. The average Bonchev–Trinajstić information content (AvgIpc) is 2.16. The van der Waals surface area contributed by atoms with Crippen LogP contribution in [0.5, 0.6) is 0 Å². The fraction of sp³-hybridized carbons (Fsp3) is 0.333. The smallest absolute Gasteiger partial charge is 0.230 e. The molecule has 78 valence electrons. The first-order valence-electron chi connectivity index (χ1n) is 4.67. The zero-order valence-corrected chi connectivity index (χ0v) is 9.16. The Morgan fingerprint density at radius 2 is 2.20 bits per heavy atom. The van der Waals surface area contributed by atoms with Crippen molar-refractivity contribution < 1.29 is 4.79 Å². The average molecular weight is 202 g/mol. The highest BCUT2D eigenvalue weighted by Gasteiger charge is 2.21. The fourth-order valence-electron chi connectivity index (χ4n) is 0.893. The summed E-state index contributed by atoms with van der Waals surface area (Å²) in [5.41, 5.74) is 0.266. The first kappa shape index (κ1) is 11.3. The Kier molecular flexibility index (Phi) is 3.11. The van der Waals surface area contributed by atoms with Crippen LogP contribution in [0, 0.1) is 17.8 Å². The molecule has 0 spiro atoms. The third-order valence-electron chi connectivity index (χ3n) is 1.85. The first-order valence-corrected chi connectivity index (χ1v) is 4.67. The molecule has 0 bridgehead atoms. The Morgan fingerprint density at radius 3 is 2.73 bits per heavy atom. The highest BCUT2D eigenvalue weighted by atomic mass is 16.2. The molecule has 0 aromatic carbocycles. The molecule has 0 aliphatic rings. The second-order valence-corrected chi connectivity index (χ2v) is 4.28. The summed E-state index contributed by atoms with van der Waals surface area (Å²) in [6, 6.07) is 3.39. The van der Waals surface area contributed by atoms with E-state index in [2.05, 4.69) is 16.2 Å². The molecular weight excluding hydrogens is 188 g/mol. The van der Waals surface area contributed by atoms with E-state index in [1.54, 1.807) is 18.3 Å². The number of rotatable bonds is 1. The molecule has 1 aromatic rings. The molecule has 0 atom stereocenters. The standard InChI is InChI=1S/C12H14N2O/c1-5-9-6-7-13-10(8-9)14-11(15)12(2,3)4/h1,6-8H,2-4H3,(H,13,14,15). The van der Waals surface area contributed by atoms with Gasteiger partial charge < -0.3 is 5.32 Å². The van der Waals surface area contributed by atoms with Gasteiger partial charge in [0.25, 0.3) is 0 Å². The van der Waals surface area contributed by atoms with Crippen molar-refractivity contribution in [3.05, 3.63) is 23.9 Å². The monoisotopic (exact) mass is 202 g/mol. The molecule has 1 rings (SSSR count). The highest BCUT2D eigenvalue weighted by Crippen LogP contribution is 2.16. The van der Waals surface area contributed by atoms with Crippen molar-refractivity contribution in [1.29, 1.82) is 0 Å². The van der Waals surface area contributed by atoms with Gasteiger partial charge in [-0.05, 0) is 12.1 Å². The molecule has 0 aliphatic carbocycles. The van der Waals surface area contributed by atoms with Gasteiger partial charge in [0.2, 0.25) is 5.91 Å². The van der Waals surface area contributed by atoms with E-state index in [-0.39, 0.29) is 5.91 Å². The number of pyridine rings is 1.